The van der Waals surface area contributed by atoms with Gasteiger partial charge in [-0.1, -0.05) is 59.4 Å². The lowest BCUT2D eigenvalue weighted by atomic mass is 10.1. The number of imidazole rings is 1. The first kappa shape index (κ1) is 15.5. The molecule has 2 aromatic carbocycles. The van der Waals surface area contributed by atoms with E-state index in [-0.39, 0.29) is 0 Å². The number of aryl methyl sites for hydroxylation is 1. The predicted octanol–water partition coefficient (Wildman–Crippen LogP) is 4.16. The monoisotopic (exact) mass is 349 g/mol. The van der Waals surface area contributed by atoms with Crippen molar-refractivity contribution in [1.29, 1.82) is 0 Å². The Bertz CT molecular complexity index is 1020. The lowest BCUT2D eigenvalue weighted by Gasteiger charge is -2.02. The molecule has 0 bridgehead atoms. The van der Waals surface area contributed by atoms with Crippen LogP contribution in [0.3, 0.4) is 0 Å². The van der Waals surface area contributed by atoms with E-state index < -0.39 is 0 Å². The van der Waals surface area contributed by atoms with Crippen molar-refractivity contribution < 1.29 is 9.53 Å². The summed E-state index contributed by atoms with van der Waals surface area (Å²) < 4.78 is 7.30. The molecule has 0 aliphatic carbocycles. The van der Waals surface area contributed by atoms with Crippen LogP contribution >= 0.6 is 11.3 Å². The molecule has 124 valence electrons. The summed E-state index contributed by atoms with van der Waals surface area (Å²) in [5.74, 6) is 0.784. The molecule has 0 fully saturated rings. The molecule has 4 rings (SSSR count). The Kier molecular flexibility index (Phi) is 4.03. The molecule has 0 aliphatic heterocycles. The Morgan fingerprint density at radius 3 is 2.60 bits per heavy atom. The highest BCUT2D eigenvalue weighted by Crippen LogP contribution is 2.26. The van der Waals surface area contributed by atoms with Crippen molar-refractivity contribution in [2.45, 2.75) is 13.5 Å². The van der Waals surface area contributed by atoms with Gasteiger partial charge in [-0.05, 0) is 19.1 Å². The van der Waals surface area contributed by atoms with E-state index in [1.165, 1.54) is 11.3 Å². The van der Waals surface area contributed by atoms with E-state index in [2.05, 4.69) is 10.1 Å². The number of aldehydes is 1. The smallest absolute Gasteiger partial charge is 0.213 e. The van der Waals surface area contributed by atoms with Gasteiger partial charge in [-0.15, -0.1) is 0 Å². The van der Waals surface area contributed by atoms with Crippen molar-refractivity contribution in [2.75, 3.05) is 0 Å². The summed E-state index contributed by atoms with van der Waals surface area (Å²) in [7, 11) is 0. The first-order chi connectivity index (χ1) is 12.2. The highest BCUT2D eigenvalue weighted by atomic mass is 32.1. The fraction of sp³-hybridized carbons (Fsp3) is 0.105. The number of carbonyl (C=O) groups is 1. The van der Waals surface area contributed by atoms with Crippen molar-refractivity contribution in [2.24, 2.45) is 0 Å². The third-order valence-electron chi connectivity index (χ3n) is 3.82. The highest BCUT2D eigenvalue weighted by Gasteiger charge is 2.17. The second kappa shape index (κ2) is 6.49. The van der Waals surface area contributed by atoms with Gasteiger partial charge in [0.15, 0.2) is 11.3 Å². The molecule has 6 heteroatoms. The normalized spacial score (nSPS) is 10.9. The summed E-state index contributed by atoms with van der Waals surface area (Å²) in [5, 5.41) is 5.25. The van der Waals surface area contributed by atoms with Crippen LogP contribution in [0.4, 0.5) is 0 Å². The summed E-state index contributed by atoms with van der Waals surface area (Å²) in [5.41, 5.74) is 3.19. The third-order valence-corrected chi connectivity index (χ3v) is 4.70. The fourth-order valence-electron chi connectivity index (χ4n) is 2.55. The van der Waals surface area contributed by atoms with Gasteiger partial charge in [-0.25, -0.2) is 4.98 Å². The Hall–Kier alpha value is -2.99. The molecule has 0 N–H and O–H groups in total. The lowest BCUT2D eigenvalue weighted by Crippen LogP contribution is -1.98. The van der Waals surface area contributed by atoms with Gasteiger partial charge in [0.05, 0.1) is 0 Å². The summed E-state index contributed by atoms with van der Waals surface area (Å²) in [6.07, 6.45) is 0.802. The minimum absolute atomic E-state index is 0.343. The molecule has 4 aromatic rings. The van der Waals surface area contributed by atoms with E-state index in [1.807, 2.05) is 61.5 Å². The Morgan fingerprint density at radius 2 is 1.88 bits per heavy atom. The summed E-state index contributed by atoms with van der Waals surface area (Å²) in [6.45, 7) is 2.37. The first-order valence-corrected chi connectivity index (χ1v) is 8.65. The number of rotatable bonds is 5. The van der Waals surface area contributed by atoms with Gasteiger partial charge in [0.2, 0.25) is 4.96 Å². The zero-order chi connectivity index (χ0) is 17.2. The molecule has 0 saturated heterocycles. The van der Waals surface area contributed by atoms with Gasteiger partial charge in [0.25, 0.3) is 0 Å². The fourth-order valence-corrected chi connectivity index (χ4v) is 3.37. The standard InChI is InChI=1S/C19H15N3O2S/c1-13-7-9-14(10-8-13)18-16(11-23)22-19(20-18)25-17(21-22)12-24-15-5-3-2-4-6-15/h2-11H,12H2,1H3. The molecule has 2 heterocycles. The Morgan fingerprint density at radius 1 is 1.12 bits per heavy atom. The van der Waals surface area contributed by atoms with E-state index in [4.69, 9.17) is 4.74 Å². The van der Waals surface area contributed by atoms with E-state index >= 15 is 0 Å². The summed E-state index contributed by atoms with van der Waals surface area (Å²) in [4.78, 5) is 16.9. The average Bonchev–Trinajstić information content (AvgIpc) is 3.18. The number of fused-ring (bicyclic) bond motifs is 1. The molecule has 2 aromatic heterocycles. The van der Waals surface area contributed by atoms with Gasteiger partial charge >= 0.3 is 0 Å². The average molecular weight is 349 g/mol. The molecule has 0 saturated carbocycles. The van der Waals surface area contributed by atoms with Crippen LogP contribution in [0.5, 0.6) is 5.75 Å². The number of hydrogen-bond donors (Lipinski definition) is 0. The first-order valence-electron chi connectivity index (χ1n) is 7.83. The van der Waals surface area contributed by atoms with Gasteiger partial charge in [0, 0.05) is 5.56 Å². The van der Waals surface area contributed by atoms with Crippen molar-refractivity contribution in [3.05, 3.63) is 70.9 Å². The van der Waals surface area contributed by atoms with Gasteiger partial charge in [-0.2, -0.15) is 9.61 Å². The zero-order valence-electron chi connectivity index (χ0n) is 13.5. The molecular formula is C19H15N3O2S. The Labute approximate surface area is 148 Å². The molecule has 5 nitrogen and oxygen atoms in total. The quantitative estimate of drug-likeness (QED) is 0.508. The molecule has 25 heavy (non-hydrogen) atoms. The van der Waals surface area contributed by atoms with Crippen LogP contribution in [0.15, 0.2) is 54.6 Å². The predicted molar refractivity (Wildman–Crippen MR) is 97.2 cm³/mol. The maximum absolute atomic E-state index is 11.6. The number of benzene rings is 2. The highest BCUT2D eigenvalue weighted by molar-refractivity contribution is 7.16. The third kappa shape index (κ3) is 3.04. The molecular weight excluding hydrogens is 334 g/mol. The van der Waals surface area contributed by atoms with Crippen molar-refractivity contribution in [3.8, 4) is 17.0 Å². The van der Waals surface area contributed by atoms with E-state index in [0.29, 0.717) is 23.0 Å². The van der Waals surface area contributed by atoms with Crippen LogP contribution < -0.4 is 4.74 Å². The summed E-state index contributed by atoms with van der Waals surface area (Å²) >= 11 is 1.42. The molecule has 0 amide bonds. The topological polar surface area (TPSA) is 56.5 Å². The maximum Gasteiger partial charge on any atom is 0.213 e. The van der Waals surface area contributed by atoms with Crippen LogP contribution in [-0.4, -0.2) is 20.9 Å². The van der Waals surface area contributed by atoms with Crippen LogP contribution in [0, 0.1) is 6.92 Å². The Balaban J connectivity index is 1.64. The number of nitrogens with zero attached hydrogens (tertiary/aromatic N) is 3. The van der Waals surface area contributed by atoms with Crippen LogP contribution in [-0.2, 0) is 6.61 Å². The van der Waals surface area contributed by atoms with Gasteiger partial charge in [0.1, 0.15) is 23.7 Å². The van der Waals surface area contributed by atoms with Crippen LogP contribution in [0.25, 0.3) is 16.2 Å². The van der Waals surface area contributed by atoms with Crippen LogP contribution in [0.2, 0.25) is 0 Å². The SMILES string of the molecule is Cc1ccc(-c2nc3sc(COc4ccccc4)nn3c2C=O)cc1. The number of ether oxygens (including phenoxy) is 1. The molecule has 0 radical (unpaired) electrons. The van der Waals surface area contributed by atoms with Gasteiger partial charge in [-0.3, -0.25) is 4.79 Å². The molecule has 0 unspecified atom stereocenters. The second-order valence-electron chi connectivity index (χ2n) is 5.62. The van der Waals surface area contributed by atoms with E-state index in [1.54, 1.807) is 4.52 Å². The summed E-state index contributed by atoms with van der Waals surface area (Å²) in [6, 6.07) is 17.5. The minimum Gasteiger partial charge on any atom is -0.486 e. The van der Waals surface area contributed by atoms with Crippen molar-refractivity contribution in [1.82, 2.24) is 14.6 Å². The number of para-hydroxylation sites is 1. The van der Waals surface area contributed by atoms with E-state index in [0.717, 1.165) is 28.2 Å². The van der Waals surface area contributed by atoms with Gasteiger partial charge < -0.3 is 4.74 Å². The zero-order valence-corrected chi connectivity index (χ0v) is 14.4. The number of aromatic nitrogens is 3. The second-order valence-corrected chi connectivity index (χ2v) is 6.66. The van der Waals surface area contributed by atoms with E-state index in [9.17, 15) is 4.79 Å². The molecule has 0 aliphatic rings. The van der Waals surface area contributed by atoms with Crippen molar-refractivity contribution in [3.63, 3.8) is 0 Å². The minimum atomic E-state index is 0.343. The molecule has 0 atom stereocenters. The number of hydrogen-bond acceptors (Lipinski definition) is 5. The maximum atomic E-state index is 11.6. The van der Waals surface area contributed by atoms with Crippen LogP contribution in [0.1, 0.15) is 21.1 Å². The molecule has 0 spiro atoms. The number of carbonyl (C=O) groups excluding carboxylic acids is 1. The lowest BCUT2D eigenvalue weighted by molar-refractivity contribution is 0.111. The largest absolute Gasteiger partial charge is 0.486 e. The van der Waals surface area contributed by atoms with Crippen molar-refractivity contribution >= 4 is 22.6 Å².